The summed E-state index contributed by atoms with van der Waals surface area (Å²) >= 11 is 0. The van der Waals surface area contributed by atoms with Crippen LogP contribution in [0.25, 0.3) is 0 Å². The molecular weight excluding hydrogens is 180 g/mol. The summed E-state index contributed by atoms with van der Waals surface area (Å²) in [6, 6.07) is 0. The zero-order valence-electron chi connectivity index (χ0n) is 8.45. The maximum Gasteiger partial charge on any atom is 0.121 e. The third kappa shape index (κ3) is 2.49. The molecule has 0 aromatic carbocycles. The summed E-state index contributed by atoms with van der Waals surface area (Å²) in [6.07, 6.45) is 6.89. The van der Waals surface area contributed by atoms with Gasteiger partial charge in [-0.2, -0.15) is 0 Å². The molecule has 2 atom stereocenters. The summed E-state index contributed by atoms with van der Waals surface area (Å²) in [4.78, 5) is 0. The molecule has 1 N–H and O–H groups in total. The van der Waals surface area contributed by atoms with Gasteiger partial charge in [-0.3, -0.25) is 0 Å². The van der Waals surface area contributed by atoms with Crippen molar-refractivity contribution in [3.05, 3.63) is 11.8 Å². The van der Waals surface area contributed by atoms with Gasteiger partial charge in [0, 0.05) is 13.0 Å². The average Bonchev–Trinajstić information content (AvgIpc) is 2.87. The normalized spacial score (nSPS) is 28.6. The first kappa shape index (κ1) is 9.99. The maximum absolute atomic E-state index is 9.76. The second-order valence-corrected chi connectivity index (χ2v) is 3.97. The molecular formula is C11H18O3. The minimum atomic E-state index is -0.415. The Balaban J connectivity index is 1.68. The van der Waals surface area contributed by atoms with E-state index in [1.54, 1.807) is 0 Å². The zero-order valence-corrected chi connectivity index (χ0v) is 8.45. The molecule has 1 saturated heterocycles. The molecule has 3 nitrogen and oxygen atoms in total. The lowest BCUT2D eigenvalue weighted by Crippen LogP contribution is -2.15. The summed E-state index contributed by atoms with van der Waals surface area (Å²) in [5.41, 5.74) is 0. The molecule has 2 aliphatic heterocycles. The molecule has 0 amide bonds. The number of aliphatic hydroxyl groups is 1. The van der Waals surface area contributed by atoms with Crippen molar-refractivity contribution in [1.29, 1.82) is 0 Å². The molecule has 0 aliphatic carbocycles. The highest BCUT2D eigenvalue weighted by molar-refractivity contribution is 5.03. The first-order valence-corrected chi connectivity index (χ1v) is 5.49. The molecule has 14 heavy (non-hydrogen) atoms. The van der Waals surface area contributed by atoms with Crippen LogP contribution in [0.15, 0.2) is 11.8 Å². The van der Waals surface area contributed by atoms with Crippen molar-refractivity contribution >= 4 is 0 Å². The van der Waals surface area contributed by atoms with Crippen LogP contribution >= 0.6 is 0 Å². The molecule has 0 radical (unpaired) electrons. The van der Waals surface area contributed by atoms with Gasteiger partial charge in [-0.1, -0.05) is 0 Å². The summed E-state index contributed by atoms with van der Waals surface area (Å²) in [6.45, 7) is 1.62. The average molecular weight is 198 g/mol. The van der Waals surface area contributed by atoms with E-state index in [0.717, 1.165) is 44.7 Å². The quantitative estimate of drug-likeness (QED) is 0.746. The van der Waals surface area contributed by atoms with E-state index in [1.165, 1.54) is 6.42 Å². The lowest BCUT2D eigenvalue weighted by molar-refractivity contribution is 0.0709. The van der Waals surface area contributed by atoms with Crippen LogP contribution in [0.2, 0.25) is 0 Å². The first-order chi connectivity index (χ1) is 6.86. The summed E-state index contributed by atoms with van der Waals surface area (Å²) in [5.74, 6) is 0.767. The van der Waals surface area contributed by atoms with Gasteiger partial charge in [-0.25, -0.2) is 0 Å². The Hall–Kier alpha value is -0.540. The maximum atomic E-state index is 9.76. The predicted octanol–water partition coefficient (Wildman–Crippen LogP) is 1.61. The minimum Gasteiger partial charge on any atom is -0.495 e. The van der Waals surface area contributed by atoms with Crippen LogP contribution in [0.5, 0.6) is 0 Å². The predicted molar refractivity (Wildman–Crippen MR) is 52.9 cm³/mol. The van der Waals surface area contributed by atoms with Crippen molar-refractivity contribution in [2.75, 3.05) is 13.2 Å². The van der Waals surface area contributed by atoms with Gasteiger partial charge in [0.25, 0.3) is 0 Å². The van der Waals surface area contributed by atoms with Crippen molar-refractivity contribution in [3.63, 3.8) is 0 Å². The Morgan fingerprint density at radius 3 is 3.07 bits per heavy atom. The van der Waals surface area contributed by atoms with E-state index in [-0.39, 0.29) is 0 Å². The number of ether oxygens (including phenoxy) is 2. The van der Waals surface area contributed by atoms with E-state index >= 15 is 0 Å². The van der Waals surface area contributed by atoms with Gasteiger partial charge in [0.15, 0.2) is 0 Å². The van der Waals surface area contributed by atoms with Gasteiger partial charge in [0.2, 0.25) is 0 Å². The van der Waals surface area contributed by atoms with Crippen molar-refractivity contribution in [1.82, 2.24) is 0 Å². The number of hydrogen-bond acceptors (Lipinski definition) is 3. The van der Waals surface area contributed by atoms with Gasteiger partial charge in [0.1, 0.15) is 11.9 Å². The number of rotatable bonds is 4. The minimum absolute atomic E-state index is 0.367. The van der Waals surface area contributed by atoms with Crippen LogP contribution < -0.4 is 0 Å². The molecule has 0 bridgehead atoms. The van der Waals surface area contributed by atoms with Crippen LogP contribution in [-0.2, 0) is 9.47 Å². The van der Waals surface area contributed by atoms with E-state index in [4.69, 9.17) is 9.47 Å². The summed E-state index contributed by atoms with van der Waals surface area (Å²) < 4.78 is 10.8. The lowest BCUT2D eigenvalue weighted by atomic mass is 10.1. The Morgan fingerprint density at radius 2 is 2.43 bits per heavy atom. The Morgan fingerprint density at radius 1 is 1.50 bits per heavy atom. The van der Waals surface area contributed by atoms with Crippen molar-refractivity contribution in [3.8, 4) is 0 Å². The molecule has 2 aliphatic rings. The van der Waals surface area contributed by atoms with Gasteiger partial charge < -0.3 is 14.6 Å². The molecule has 0 aromatic rings. The Kier molecular flexibility index (Phi) is 3.43. The number of aliphatic hydroxyl groups excluding tert-OH is 1. The van der Waals surface area contributed by atoms with E-state index in [9.17, 15) is 5.11 Å². The van der Waals surface area contributed by atoms with Crippen LogP contribution in [0, 0.1) is 0 Å². The van der Waals surface area contributed by atoms with Gasteiger partial charge >= 0.3 is 0 Å². The lowest BCUT2D eigenvalue weighted by Gasteiger charge is -2.14. The fraction of sp³-hybridized carbons (Fsp3) is 0.818. The fourth-order valence-electron chi connectivity index (χ4n) is 2.03. The van der Waals surface area contributed by atoms with Crippen LogP contribution in [-0.4, -0.2) is 30.5 Å². The van der Waals surface area contributed by atoms with Crippen molar-refractivity contribution < 1.29 is 14.6 Å². The molecule has 1 fully saturated rings. The van der Waals surface area contributed by atoms with E-state index in [1.807, 2.05) is 6.08 Å². The standard InChI is InChI=1S/C11H18O3/c12-10(11-4-2-8-14-11)6-5-9-3-1-7-13-9/h4,9-10,12H,1-3,5-8H2. The third-order valence-electron chi connectivity index (χ3n) is 2.85. The van der Waals surface area contributed by atoms with Gasteiger partial charge in [-0.15, -0.1) is 0 Å². The highest BCUT2D eigenvalue weighted by Gasteiger charge is 2.20. The topological polar surface area (TPSA) is 38.7 Å². The van der Waals surface area contributed by atoms with Gasteiger partial charge in [0.05, 0.1) is 12.7 Å². The molecule has 2 rings (SSSR count). The van der Waals surface area contributed by atoms with E-state index in [0.29, 0.717) is 6.10 Å². The summed E-state index contributed by atoms with van der Waals surface area (Å²) in [5, 5.41) is 9.76. The van der Waals surface area contributed by atoms with Crippen LogP contribution in [0.3, 0.4) is 0 Å². The van der Waals surface area contributed by atoms with Crippen molar-refractivity contribution in [2.24, 2.45) is 0 Å². The fourth-order valence-corrected chi connectivity index (χ4v) is 2.03. The largest absolute Gasteiger partial charge is 0.495 e. The Bertz CT molecular complexity index is 207. The van der Waals surface area contributed by atoms with Crippen LogP contribution in [0.4, 0.5) is 0 Å². The molecule has 2 unspecified atom stereocenters. The molecule has 0 saturated carbocycles. The summed E-state index contributed by atoms with van der Waals surface area (Å²) in [7, 11) is 0. The first-order valence-electron chi connectivity index (χ1n) is 5.49. The SMILES string of the molecule is OC(CCC1CCCO1)C1=CCCO1. The number of hydrogen-bond donors (Lipinski definition) is 1. The van der Waals surface area contributed by atoms with Crippen molar-refractivity contribution in [2.45, 2.75) is 44.3 Å². The van der Waals surface area contributed by atoms with Gasteiger partial charge in [-0.05, 0) is 31.8 Å². The van der Waals surface area contributed by atoms with E-state index < -0.39 is 6.10 Å². The second kappa shape index (κ2) is 4.80. The molecule has 2 heterocycles. The molecule has 3 heteroatoms. The third-order valence-corrected chi connectivity index (χ3v) is 2.85. The highest BCUT2D eigenvalue weighted by Crippen LogP contribution is 2.21. The highest BCUT2D eigenvalue weighted by atomic mass is 16.5. The monoisotopic (exact) mass is 198 g/mol. The van der Waals surface area contributed by atoms with Crippen LogP contribution in [0.1, 0.15) is 32.1 Å². The molecule has 0 aromatic heterocycles. The zero-order chi connectivity index (χ0) is 9.80. The van der Waals surface area contributed by atoms with E-state index in [2.05, 4.69) is 0 Å². The Labute approximate surface area is 84.7 Å². The second-order valence-electron chi connectivity index (χ2n) is 3.97. The molecule has 80 valence electrons. The molecule has 0 spiro atoms. The smallest absolute Gasteiger partial charge is 0.121 e.